The van der Waals surface area contributed by atoms with Gasteiger partial charge in [-0.25, -0.2) is 0 Å². The number of esters is 3. The van der Waals surface area contributed by atoms with Gasteiger partial charge < -0.3 is 14.2 Å². The summed E-state index contributed by atoms with van der Waals surface area (Å²) in [4.78, 5) is 37.9. The number of unbranched alkanes of at least 4 members (excludes halogenated alkanes) is 26. The molecule has 0 fully saturated rings. The molecule has 0 aromatic rings. The lowest BCUT2D eigenvalue weighted by atomic mass is 10.0. The maximum absolute atomic E-state index is 12.8. The molecule has 0 aliphatic heterocycles. The predicted molar refractivity (Wildman–Crippen MR) is 265 cm³/mol. The molecule has 0 spiro atoms. The zero-order valence-electron chi connectivity index (χ0n) is 40.6. The SMILES string of the molecule is CC\C=C/C=C\C=C/C=C\CCCCCC(=O)OC(COC(=O)CCCCCCC/C=C\C/C=C\CC)COC(=O)CCCCCCCCCCCCCCCCCCCCC. The van der Waals surface area contributed by atoms with Gasteiger partial charge in [-0.2, -0.15) is 0 Å². The number of allylic oxidation sites excluding steroid dienone is 12. The highest BCUT2D eigenvalue weighted by Crippen LogP contribution is 2.16. The molecule has 0 amide bonds. The number of ether oxygens (including phenoxy) is 3. The smallest absolute Gasteiger partial charge is 0.306 e. The first-order valence-electron chi connectivity index (χ1n) is 26.0. The summed E-state index contributed by atoms with van der Waals surface area (Å²) in [6, 6.07) is 0. The number of hydrogen-bond acceptors (Lipinski definition) is 6. The van der Waals surface area contributed by atoms with Crippen LogP contribution in [0.1, 0.15) is 245 Å². The van der Waals surface area contributed by atoms with Gasteiger partial charge in [0, 0.05) is 19.3 Å². The monoisotopic (exact) mass is 865 g/mol. The maximum atomic E-state index is 12.8. The number of carbonyl (C=O) groups excluding carboxylic acids is 3. The molecule has 0 aliphatic carbocycles. The average Bonchev–Trinajstić information content (AvgIpc) is 3.27. The van der Waals surface area contributed by atoms with E-state index < -0.39 is 6.10 Å². The van der Waals surface area contributed by atoms with Crippen molar-refractivity contribution in [3.63, 3.8) is 0 Å². The van der Waals surface area contributed by atoms with E-state index in [4.69, 9.17) is 14.2 Å². The van der Waals surface area contributed by atoms with Gasteiger partial charge in [0.05, 0.1) is 0 Å². The van der Waals surface area contributed by atoms with Gasteiger partial charge in [0.2, 0.25) is 0 Å². The van der Waals surface area contributed by atoms with Crippen molar-refractivity contribution in [2.75, 3.05) is 13.2 Å². The number of rotatable bonds is 46. The molecular formula is C56H96O6. The van der Waals surface area contributed by atoms with E-state index in [1.807, 2.05) is 36.5 Å². The minimum absolute atomic E-state index is 0.0945. The second-order valence-electron chi connectivity index (χ2n) is 17.1. The lowest BCUT2D eigenvalue weighted by molar-refractivity contribution is -0.167. The van der Waals surface area contributed by atoms with Gasteiger partial charge in [-0.05, 0) is 64.2 Å². The Morgan fingerprint density at radius 3 is 1.18 bits per heavy atom. The van der Waals surface area contributed by atoms with Crippen molar-refractivity contribution in [3.05, 3.63) is 72.9 Å². The van der Waals surface area contributed by atoms with Crippen molar-refractivity contribution in [3.8, 4) is 0 Å². The largest absolute Gasteiger partial charge is 0.462 e. The second-order valence-corrected chi connectivity index (χ2v) is 17.1. The first kappa shape index (κ1) is 58.9. The van der Waals surface area contributed by atoms with Crippen LogP contribution in [0.5, 0.6) is 0 Å². The Morgan fingerprint density at radius 2 is 0.710 bits per heavy atom. The van der Waals surface area contributed by atoms with E-state index >= 15 is 0 Å². The fourth-order valence-electron chi connectivity index (χ4n) is 7.20. The topological polar surface area (TPSA) is 78.9 Å². The molecule has 0 aromatic heterocycles. The predicted octanol–water partition coefficient (Wildman–Crippen LogP) is 17.0. The Balaban J connectivity index is 4.36. The average molecular weight is 865 g/mol. The van der Waals surface area contributed by atoms with Crippen LogP contribution < -0.4 is 0 Å². The van der Waals surface area contributed by atoms with Crippen molar-refractivity contribution < 1.29 is 28.6 Å². The highest BCUT2D eigenvalue weighted by atomic mass is 16.6. The van der Waals surface area contributed by atoms with Gasteiger partial charge in [-0.15, -0.1) is 0 Å². The van der Waals surface area contributed by atoms with Crippen LogP contribution in [0.15, 0.2) is 72.9 Å². The summed E-state index contributed by atoms with van der Waals surface area (Å²) in [7, 11) is 0. The molecule has 62 heavy (non-hydrogen) atoms. The minimum Gasteiger partial charge on any atom is -0.462 e. The molecule has 0 heterocycles. The molecule has 0 bridgehead atoms. The molecular weight excluding hydrogens is 769 g/mol. The molecule has 0 aliphatic rings. The van der Waals surface area contributed by atoms with Gasteiger partial charge in [0.15, 0.2) is 6.10 Å². The minimum atomic E-state index is -0.799. The Hall–Kier alpha value is -3.15. The van der Waals surface area contributed by atoms with E-state index in [0.29, 0.717) is 19.3 Å². The Kier molecular flexibility index (Phi) is 47.9. The van der Waals surface area contributed by atoms with E-state index in [9.17, 15) is 14.4 Å². The van der Waals surface area contributed by atoms with Crippen molar-refractivity contribution in [2.24, 2.45) is 0 Å². The molecule has 0 saturated heterocycles. The maximum Gasteiger partial charge on any atom is 0.306 e. The molecule has 0 radical (unpaired) electrons. The van der Waals surface area contributed by atoms with Crippen LogP contribution in [0.4, 0.5) is 0 Å². The molecule has 0 N–H and O–H groups in total. The summed E-state index contributed by atoms with van der Waals surface area (Å²) in [6.45, 7) is 6.35. The standard InChI is InChI=1S/C56H96O6/c1-4-7-10-13-16-19-22-25-26-27-28-29-30-32-34-37-40-43-46-49-55(58)61-52-53(51-60-54(57)48-45-42-39-36-33-24-21-18-15-12-9-6-3)62-56(59)50-47-44-41-38-35-31-23-20-17-14-11-8-5-2/h8-9,11-12,14,17-18,20-21,23,31,35,53H,4-7,10,13,15-16,19,22,24-30,32-34,36-52H2,1-3H3/b11-8-,12-9-,17-14-,21-18-,23-20-,35-31-. The Labute approximate surface area is 382 Å². The first-order chi connectivity index (χ1) is 30.5. The van der Waals surface area contributed by atoms with Crippen molar-refractivity contribution in [1.29, 1.82) is 0 Å². The lowest BCUT2D eigenvalue weighted by Gasteiger charge is -2.18. The third-order valence-corrected chi connectivity index (χ3v) is 11.1. The summed E-state index contributed by atoms with van der Waals surface area (Å²) in [6.07, 6.45) is 63.3. The summed E-state index contributed by atoms with van der Waals surface area (Å²) in [5, 5.41) is 0. The van der Waals surface area contributed by atoms with Crippen LogP contribution in [0.25, 0.3) is 0 Å². The van der Waals surface area contributed by atoms with Gasteiger partial charge >= 0.3 is 17.9 Å². The Morgan fingerprint density at radius 1 is 0.355 bits per heavy atom. The van der Waals surface area contributed by atoms with E-state index in [0.717, 1.165) is 96.3 Å². The summed E-state index contributed by atoms with van der Waals surface area (Å²) < 4.78 is 16.7. The third-order valence-electron chi connectivity index (χ3n) is 11.1. The van der Waals surface area contributed by atoms with Crippen molar-refractivity contribution >= 4 is 17.9 Å². The van der Waals surface area contributed by atoms with Crippen molar-refractivity contribution in [1.82, 2.24) is 0 Å². The van der Waals surface area contributed by atoms with E-state index in [2.05, 4.69) is 57.2 Å². The van der Waals surface area contributed by atoms with Crippen LogP contribution in [0.2, 0.25) is 0 Å². The van der Waals surface area contributed by atoms with Gasteiger partial charge in [-0.1, -0.05) is 235 Å². The fraction of sp³-hybridized carbons (Fsp3) is 0.732. The van der Waals surface area contributed by atoms with Crippen LogP contribution in [-0.2, 0) is 28.6 Å². The quantitative estimate of drug-likeness (QED) is 0.0199. The van der Waals surface area contributed by atoms with E-state index in [1.54, 1.807) is 0 Å². The molecule has 356 valence electrons. The lowest BCUT2D eigenvalue weighted by Crippen LogP contribution is -2.30. The molecule has 0 aromatic carbocycles. The normalized spacial score (nSPS) is 12.6. The summed E-state index contributed by atoms with van der Waals surface area (Å²) >= 11 is 0. The molecule has 1 atom stereocenters. The van der Waals surface area contributed by atoms with Crippen LogP contribution >= 0.6 is 0 Å². The van der Waals surface area contributed by atoms with Crippen molar-refractivity contribution in [2.45, 2.75) is 252 Å². The summed E-state index contributed by atoms with van der Waals surface area (Å²) in [5.74, 6) is -0.947. The van der Waals surface area contributed by atoms with Gasteiger partial charge in [-0.3, -0.25) is 14.4 Å². The second kappa shape index (κ2) is 50.5. The fourth-order valence-corrected chi connectivity index (χ4v) is 7.20. The summed E-state index contributed by atoms with van der Waals surface area (Å²) in [5.41, 5.74) is 0. The van der Waals surface area contributed by atoms with Gasteiger partial charge in [0.25, 0.3) is 0 Å². The number of carbonyl (C=O) groups is 3. The number of hydrogen-bond donors (Lipinski definition) is 0. The van der Waals surface area contributed by atoms with E-state index in [-0.39, 0.29) is 37.5 Å². The molecule has 0 saturated carbocycles. The molecule has 0 rings (SSSR count). The van der Waals surface area contributed by atoms with E-state index in [1.165, 1.54) is 103 Å². The zero-order chi connectivity index (χ0) is 45.1. The van der Waals surface area contributed by atoms with Crippen LogP contribution in [0, 0.1) is 0 Å². The van der Waals surface area contributed by atoms with Crippen LogP contribution in [-0.4, -0.2) is 37.2 Å². The highest BCUT2D eigenvalue weighted by molar-refractivity contribution is 5.71. The molecule has 6 nitrogen and oxygen atoms in total. The van der Waals surface area contributed by atoms with Gasteiger partial charge in [0.1, 0.15) is 13.2 Å². The third kappa shape index (κ3) is 47.9. The first-order valence-corrected chi connectivity index (χ1v) is 26.0. The zero-order valence-corrected chi connectivity index (χ0v) is 40.6. The highest BCUT2D eigenvalue weighted by Gasteiger charge is 2.19. The molecule has 1 unspecified atom stereocenters. The Bertz CT molecular complexity index is 1180. The van der Waals surface area contributed by atoms with Crippen LogP contribution in [0.3, 0.4) is 0 Å². The molecule has 6 heteroatoms.